The second-order valence-electron chi connectivity index (χ2n) is 6.58. The van der Waals surface area contributed by atoms with E-state index in [1.807, 2.05) is 0 Å². The van der Waals surface area contributed by atoms with Crippen LogP contribution in [0.15, 0.2) is 28.6 Å². The molecule has 0 amide bonds. The lowest BCUT2D eigenvalue weighted by Crippen LogP contribution is -2.36. The van der Waals surface area contributed by atoms with Crippen molar-refractivity contribution >= 4 is 17.3 Å². The van der Waals surface area contributed by atoms with E-state index in [0.29, 0.717) is 19.7 Å². The lowest BCUT2D eigenvalue weighted by atomic mass is 10.1. The molecule has 0 saturated carbocycles. The largest absolute Gasteiger partial charge is 0.488 e. The van der Waals surface area contributed by atoms with Crippen LogP contribution in [0.2, 0.25) is 0 Å². The molecule has 1 aromatic carbocycles. The number of thiazole rings is 1. The van der Waals surface area contributed by atoms with Gasteiger partial charge >= 0.3 is 0 Å². The molecule has 1 aromatic heterocycles. The summed E-state index contributed by atoms with van der Waals surface area (Å²) >= 11 is 1.70. The minimum absolute atomic E-state index is 0.139. The van der Waals surface area contributed by atoms with Crippen molar-refractivity contribution in [1.29, 1.82) is 0 Å². The van der Waals surface area contributed by atoms with Gasteiger partial charge in [0.05, 0.1) is 30.5 Å². The Balaban J connectivity index is 1.57. The smallest absolute Gasteiger partial charge is 0.191 e. The lowest BCUT2D eigenvalue weighted by molar-refractivity contribution is 0.140. The molecule has 1 aliphatic heterocycles. The van der Waals surface area contributed by atoms with Gasteiger partial charge in [-0.1, -0.05) is 19.1 Å². The Morgan fingerprint density at radius 2 is 2.22 bits per heavy atom. The first-order valence-corrected chi connectivity index (χ1v) is 10.3. The normalized spacial score (nSPS) is 17.1. The van der Waals surface area contributed by atoms with E-state index in [4.69, 9.17) is 9.47 Å². The zero-order valence-electron chi connectivity index (χ0n) is 16.2. The minimum atomic E-state index is 0.139. The maximum atomic E-state index is 6.16. The molecule has 1 atom stereocenters. The molecule has 0 radical (unpaired) electrons. The number of nitrogens with one attached hydrogen (secondary N) is 2. The van der Waals surface area contributed by atoms with Crippen molar-refractivity contribution in [2.75, 3.05) is 20.3 Å². The number of aromatic nitrogens is 1. The highest BCUT2D eigenvalue weighted by molar-refractivity contribution is 7.09. The van der Waals surface area contributed by atoms with Crippen LogP contribution in [0.3, 0.4) is 0 Å². The van der Waals surface area contributed by atoms with Gasteiger partial charge in [0.1, 0.15) is 11.9 Å². The maximum absolute atomic E-state index is 6.16. The predicted octanol–water partition coefficient (Wildman–Crippen LogP) is 3.05. The zero-order chi connectivity index (χ0) is 19.1. The topological polar surface area (TPSA) is 67.8 Å². The van der Waals surface area contributed by atoms with Gasteiger partial charge in [-0.3, -0.25) is 4.99 Å². The van der Waals surface area contributed by atoms with Gasteiger partial charge in [0.25, 0.3) is 0 Å². The molecule has 27 heavy (non-hydrogen) atoms. The van der Waals surface area contributed by atoms with Gasteiger partial charge in [0.15, 0.2) is 5.96 Å². The first kappa shape index (κ1) is 19.6. The average Bonchev–Trinajstić information content (AvgIpc) is 3.35. The molecule has 3 rings (SSSR count). The number of nitrogens with zero attached hydrogens (tertiary/aromatic N) is 2. The average molecular weight is 389 g/mol. The Bertz CT molecular complexity index is 769. The van der Waals surface area contributed by atoms with Crippen LogP contribution < -0.4 is 15.4 Å². The standard InChI is InChI=1S/C20H28N4O2S/c1-4-19-24-16(13-27-19)11-23-20(21-3)22-10-15-6-5-14(2)9-18(15)26-17-7-8-25-12-17/h5-6,9,13,17H,4,7-8,10-12H2,1-3H3,(H2,21,22,23). The van der Waals surface area contributed by atoms with Gasteiger partial charge in [-0.15, -0.1) is 11.3 Å². The molecule has 1 aliphatic rings. The van der Waals surface area contributed by atoms with Gasteiger partial charge < -0.3 is 20.1 Å². The highest BCUT2D eigenvalue weighted by Crippen LogP contribution is 2.23. The van der Waals surface area contributed by atoms with Crippen molar-refractivity contribution in [2.45, 2.75) is 45.9 Å². The predicted molar refractivity (Wildman–Crippen MR) is 110 cm³/mol. The number of aliphatic imine (C=N–C) groups is 1. The molecule has 6 nitrogen and oxygen atoms in total. The monoisotopic (exact) mass is 388 g/mol. The van der Waals surface area contributed by atoms with Crippen LogP contribution in [0.1, 0.15) is 35.2 Å². The molecule has 0 aliphatic carbocycles. The molecule has 0 spiro atoms. The maximum Gasteiger partial charge on any atom is 0.191 e. The Labute approximate surface area is 165 Å². The van der Waals surface area contributed by atoms with Crippen LogP contribution in [0, 0.1) is 6.92 Å². The molecule has 1 saturated heterocycles. The third kappa shape index (κ3) is 5.68. The van der Waals surface area contributed by atoms with Crippen molar-refractivity contribution in [3.63, 3.8) is 0 Å². The summed E-state index contributed by atoms with van der Waals surface area (Å²) in [6, 6.07) is 6.30. The Hall–Kier alpha value is -2.12. The molecule has 2 N–H and O–H groups in total. The van der Waals surface area contributed by atoms with E-state index >= 15 is 0 Å². The Morgan fingerprint density at radius 3 is 2.93 bits per heavy atom. The number of hydrogen-bond donors (Lipinski definition) is 2. The summed E-state index contributed by atoms with van der Waals surface area (Å²) < 4.78 is 11.6. The molecule has 0 bridgehead atoms. The fourth-order valence-electron chi connectivity index (χ4n) is 2.87. The van der Waals surface area contributed by atoms with Crippen molar-refractivity contribution in [2.24, 2.45) is 4.99 Å². The van der Waals surface area contributed by atoms with Crippen LogP contribution in [0.25, 0.3) is 0 Å². The second kappa shape index (κ2) is 9.71. The fraction of sp³-hybridized carbons (Fsp3) is 0.500. The molecule has 146 valence electrons. The van der Waals surface area contributed by atoms with Crippen LogP contribution >= 0.6 is 11.3 Å². The molecule has 1 unspecified atom stereocenters. The van der Waals surface area contributed by atoms with Crippen molar-refractivity contribution < 1.29 is 9.47 Å². The number of rotatable bonds is 7. The molecule has 1 fully saturated rings. The first-order chi connectivity index (χ1) is 13.2. The summed E-state index contributed by atoms with van der Waals surface area (Å²) in [6.07, 6.45) is 2.05. The fourth-order valence-corrected chi connectivity index (χ4v) is 3.61. The quantitative estimate of drug-likeness (QED) is 0.564. The number of hydrogen-bond acceptors (Lipinski definition) is 5. The van der Waals surface area contributed by atoms with Crippen LogP contribution in [0.4, 0.5) is 0 Å². The highest BCUT2D eigenvalue weighted by atomic mass is 32.1. The van der Waals surface area contributed by atoms with Gasteiger partial charge in [0.2, 0.25) is 0 Å². The summed E-state index contributed by atoms with van der Waals surface area (Å²) in [7, 11) is 1.77. The summed E-state index contributed by atoms with van der Waals surface area (Å²) in [4.78, 5) is 8.88. The summed E-state index contributed by atoms with van der Waals surface area (Å²) in [5, 5.41) is 9.94. The van der Waals surface area contributed by atoms with E-state index in [1.165, 1.54) is 5.56 Å². The molecule has 2 heterocycles. The van der Waals surface area contributed by atoms with Gasteiger partial charge in [-0.25, -0.2) is 4.98 Å². The van der Waals surface area contributed by atoms with Gasteiger partial charge in [-0.05, 0) is 25.0 Å². The minimum Gasteiger partial charge on any atom is -0.488 e. The van der Waals surface area contributed by atoms with E-state index in [9.17, 15) is 0 Å². The molecular weight excluding hydrogens is 360 g/mol. The Morgan fingerprint density at radius 1 is 1.37 bits per heavy atom. The number of benzene rings is 1. The lowest BCUT2D eigenvalue weighted by Gasteiger charge is -2.18. The zero-order valence-corrected chi connectivity index (χ0v) is 17.1. The Kier molecular flexibility index (Phi) is 7.06. The van der Waals surface area contributed by atoms with Crippen LogP contribution in [0.5, 0.6) is 5.75 Å². The van der Waals surface area contributed by atoms with E-state index in [1.54, 1.807) is 18.4 Å². The van der Waals surface area contributed by atoms with Crippen LogP contribution in [-0.2, 0) is 24.2 Å². The van der Waals surface area contributed by atoms with E-state index in [-0.39, 0.29) is 6.10 Å². The van der Waals surface area contributed by atoms with Gasteiger partial charge in [0, 0.05) is 31.0 Å². The summed E-state index contributed by atoms with van der Waals surface area (Å²) in [6.45, 7) is 6.94. The highest BCUT2D eigenvalue weighted by Gasteiger charge is 2.18. The van der Waals surface area contributed by atoms with Crippen molar-refractivity contribution in [3.8, 4) is 5.75 Å². The number of aryl methyl sites for hydroxylation is 2. The molecule has 7 heteroatoms. The SMILES string of the molecule is CCc1nc(CNC(=NC)NCc2ccc(C)cc2OC2CCOC2)cs1. The van der Waals surface area contributed by atoms with Crippen molar-refractivity contribution in [3.05, 3.63) is 45.4 Å². The molecular formula is C20H28N4O2S. The first-order valence-electron chi connectivity index (χ1n) is 9.39. The number of guanidine groups is 1. The molecule has 2 aromatic rings. The summed E-state index contributed by atoms with van der Waals surface area (Å²) in [5.74, 6) is 1.66. The third-order valence-corrected chi connectivity index (χ3v) is 5.45. The second-order valence-corrected chi connectivity index (χ2v) is 7.52. The van der Waals surface area contributed by atoms with E-state index < -0.39 is 0 Å². The van der Waals surface area contributed by atoms with E-state index in [2.05, 4.69) is 58.0 Å². The summed E-state index contributed by atoms with van der Waals surface area (Å²) in [5.41, 5.74) is 3.34. The van der Waals surface area contributed by atoms with E-state index in [0.717, 1.165) is 47.4 Å². The number of ether oxygens (including phenoxy) is 2. The third-order valence-electron chi connectivity index (χ3n) is 4.41. The van der Waals surface area contributed by atoms with Gasteiger partial charge in [-0.2, -0.15) is 0 Å². The van der Waals surface area contributed by atoms with Crippen LogP contribution in [-0.4, -0.2) is 37.3 Å². The van der Waals surface area contributed by atoms with Crippen molar-refractivity contribution in [1.82, 2.24) is 15.6 Å².